The summed E-state index contributed by atoms with van der Waals surface area (Å²) in [6, 6.07) is 3.76. The molecule has 0 unspecified atom stereocenters. The van der Waals surface area contributed by atoms with E-state index in [2.05, 4.69) is 47.8 Å². The maximum Gasteiger partial charge on any atom is 0.314 e. The summed E-state index contributed by atoms with van der Waals surface area (Å²) in [5.41, 5.74) is -0.694. The van der Waals surface area contributed by atoms with Crippen LogP contribution in [0.2, 0.25) is 0 Å². The van der Waals surface area contributed by atoms with Gasteiger partial charge in [-0.3, -0.25) is 4.79 Å². The van der Waals surface area contributed by atoms with Crippen molar-refractivity contribution < 1.29 is 14.3 Å². The molecule has 1 aromatic rings. The molecule has 0 aromatic heterocycles. The maximum atomic E-state index is 11.5. The Morgan fingerprint density at radius 1 is 1.22 bits per heavy atom. The van der Waals surface area contributed by atoms with Crippen LogP contribution in [0.15, 0.2) is 25.6 Å². The number of esters is 1. The minimum Gasteiger partial charge on any atom is -0.490 e. The first-order valence-electron chi connectivity index (χ1n) is 5.13. The standard InChI is InChI=1S/C12H13Br3O3/c1-12(2,11(16)17-3)6-18-10-8(14)4-7(13)5-9(10)15/h4-5H,6H2,1-3H3. The molecule has 0 bridgehead atoms. The third-order valence-corrected chi connectivity index (χ3v) is 3.91. The summed E-state index contributed by atoms with van der Waals surface area (Å²) in [5, 5.41) is 0. The topological polar surface area (TPSA) is 35.5 Å². The third kappa shape index (κ3) is 3.96. The highest BCUT2D eigenvalue weighted by Crippen LogP contribution is 2.37. The fourth-order valence-electron chi connectivity index (χ4n) is 1.25. The molecule has 0 radical (unpaired) electrons. The van der Waals surface area contributed by atoms with Crippen LogP contribution in [-0.2, 0) is 9.53 Å². The van der Waals surface area contributed by atoms with Gasteiger partial charge in [0.05, 0.1) is 21.5 Å². The first kappa shape index (κ1) is 16.0. The first-order valence-corrected chi connectivity index (χ1v) is 7.51. The quantitative estimate of drug-likeness (QED) is 0.639. The van der Waals surface area contributed by atoms with E-state index >= 15 is 0 Å². The molecule has 0 aliphatic heterocycles. The highest BCUT2D eigenvalue weighted by molar-refractivity contribution is 9.11. The van der Waals surface area contributed by atoms with Crippen molar-refractivity contribution in [3.05, 3.63) is 25.6 Å². The highest BCUT2D eigenvalue weighted by Gasteiger charge is 2.30. The van der Waals surface area contributed by atoms with Crippen molar-refractivity contribution in [3.8, 4) is 5.75 Å². The summed E-state index contributed by atoms with van der Waals surface area (Å²) < 4.78 is 13.0. The Bertz CT molecular complexity index is 435. The number of benzene rings is 1. The van der Waals surface area contributed by atoms with E-state index in [1.165, 1.54) is 7.11 Å². The van der Waals surface area contributed by atoms with Crippen LogP contribution in [-0.4, -0.2) is 19.7 Å². The van der Waals surface area contributed by atoms with Crippen molar-refractivity contribution in [1.29, 1.82) is 0 Å². The molecule has 0 N–H and O–H groups in total. The van der Waals surface area contributed by atoms with E-state index in [1.54, 1.807) is 13.8 Å². The van der Waals surface area contributed by atoms with Crippen molar-refractivity contribution in [2.45, 2.75) is 13.8 Å². The Morgan fingerprint density at radius 3 is 2.17 bits per heavy atom. The fraction of sp³-hybridized carbons (Fsp3) is 0.417. The number of halogens is 3. The molecule has 18 heavy (non-hydrogen) atoms. The Kier molecular flexibility index (Phi) is 5.67. The van der Waals surface area contributed by atoms with E-state index < -0.39 is 5.41 Å². The van der Waals surface area contributed by atoms with Crippen LogP contribution in [0.1, 0.15) is 13.8 Å². The number of rotatable bonds is 4. The molecule has 0 aliphatic carbocycles. The van der Waals surface area contributed by atoms with Gasteiger partial charge < -0.3 is 9.47 Å². The first-order chi connectivity index (χ1) is 8.27. The maximum absolute atomic E-state index is 11.5. The van der Waals surface area contributed by atoms with Gasteiger partial charge in [0.1, 0.15) is 12.4 Å². The summed E-state index contributed by atoms with van der Waals surface area (Å²) in [6.07, 6.45) is 0. The van der Waals surface area contributed by atoms with Gasteiger partial charge in [0.25, 0.3) is 0 Å². The predicted octanol–water partition coefficient (Wildman–Crippen LogP) is 4.55. The lowest BCUT2D eigenvalue weighted by Crippen LogP contribution is -2.32. The zero-order valence-corrected chi connectivity index (χ0v) is 15.0. The van der Waals surface area contributed by atoms with Gasteiger partial charge in [-0.15, -0.1) is 0 Å². The molecular formula is C12H13Br3O3. The summed E-state index contributed by atoms with van der Waals surface area (Å²) >= 11 is 10.2. The zero-order chi connectivity index (χ0) is 13.9. The Morgan fingerprint density at radius 2 is 1.72 bits per heavy atom. The number of methoxy groups -OCH3 is 1. The fourth-order valence-corrected chi connectivity index (χ4v) is 3.74. The second-order valence-electron chi connectivity index (χ2n) is 4.36. The van der Waals surface area contributed by atoms with Crippen LogP contribution < -0.4 is 4.74 Å². The number of hydrogen-bond donors (Lipinski definition) is 0. The van der Waals surface area contributed by atoms with E-state index in [4.69, 9.17) is 9.47 Å². The van der Waals surface area contributed by atoms with Gasteiger partial charge in [0.15, 0.2) is 0 Å². The average molecular weight is 445 g/mol. The van der Waals surface area contributed by atoms with Crippen LogP contribution in [0.4, 0.5) is 0 Å². The summed E-state index contributed by atoms with van der Waals surface area (Å²) in [6.45, 7) is 3.79. The van der Waals surface area contributed by atoms with Crippen LogP contribution >= 0.6 is 47.8 Å². The normalized spacial score (nSPS) is 11.2. The van der Waals surface area contributed by atoms with Crippen LogP contribution in [0, 0.1) is 5.41 Å². The van der Waals surface area contributed by atoms with Gasteiger partial charge in [-0.2, -0.15) is 0 Å². The average Bonchev–Trinajstić information content (AvgIpc) is 2.26. The molecule has 3 nitrogen and oxygen atoms in total. The number of ether oxygens (including phenoxy) is 2. The molecule has 1 rings (SSSR count). The highest BCUT2D eigenvalue weighted by atomic mass is 79.9. The lowest BCUT2D eigenvalue weighted by Gasteiger charge is -2.22. The molecule has 6 heteroatoms. The molecule has 0 fully saturated rings. The summed E-state index contributed by atoms with van der Waals surface area (Å²) in [4.78, 5) is 11.5. The van der Waals surface area contributed by atoms with Gasteiger partial charge in [-0.05, 0) is 57.8 Å². The van der Waals surface area contributed by atoms with E-state index in [9.17, 15) is 4.79 Å². The molecule has 0 saturated carbocycles. The molecular weight excluding hydrogens is 432 g/mol. The number of carbonyl (C=O) groups is 1. The summed E-state index contributed by atoms with van der Waals surface area (Å²) in [7, 11) is 1.37. The minimum atomic E-state index is -0.694. The van der Waals surface area contributed by atoms with E-state index in [1.807, 2.05) is 12.1 Å². The Balaban J connectivity index is 2.84. The van der Waals surface area contributed by atoms with Gasteiger partial charge in [0.2, 0.25) is 0 Å². The van der Waals surface area contributed by atoms with Gasteiger partial charge in [-0.1, -0.05) is 15.9 Å². The van der Waals surface area contributed by atoms with Gasteiger partial charge in [0, 0.05) is 4.47 Å². The second kappa shape index (κ2) is 6.39. The van der Waals surface area contributed by atoms with E-state index in [0.29, 0.717) is 5.75 Å². The lowest BCUT2D eigenvalue weighted by molar-refractivity contribution is -0.152. The molecule has 0 amide bonds. The molecule has 1 aromatic carbocycles. The summed E-state index contributed by atoms with van der Waals surface area (Å²) in [5.74, 6) is 0.363. The van der Waals surface area contributed by atoms with Crippen molar-refractivity contribution in [1.82, 2.24) is 0 Å². The molecule has 100 valence electrons. The minimum absolute atomic E-state index is 0.235. The van der Waals surface area contributed by atoms with Crippen molar-refractivity contribution in [3.63, 3.8) is 0 Å². The van der Waals surface area contributed by atoms with Gasteiger partial charge in [-0.25, -0.2) is 0 Å². The predicted molar refractivity (Wildman–Crippen MR) is 80.8 cm³/mol. The van der Waals surface area contributed by atoms with Crippen LogP contribution in [0.5, 0.6) is 5.75 Å². The second-order valence-corrected chi connectivity index (χ2v) is 6.99. The van der Waals surface area contributed by atoms with Gasteiger partial charge >= 0.3 is 5.97 Å². The van der Waals surface area contributed by atoms with Crippen molar-refractivity contribution >= 4 is 53.8 Å². The molecule has 0 aliphatic rings. The Labute approximate surface area is 132 Å². The lowest BCUT2D eigenvalue weighted by atomic mass is 9.95. The van der Waals surface area contributed by atoms with Crippen molar-refractivity contribution in [2.75, 3.05) is 13.7 Å². The van der Waals surface area contributed by atoms with Crippen LogP contribution in [0.3, 0.4) is 0 Å². The molecule has 0 heterocycles. The molecule has 0 atom stereocenters. The van der Waals surface area contributed by atoms with E-state index in [0.717, 1.165) is 13.4 Å². The number of carbonyl (C=O) groups excluding carboxylic acids is 1. The molecule has 0 spiro atoms. The molecule has 0 saturated heterocycles. The number of hydrogen-bond acceptors (Lipinski definition) is 3. The monoisotopic (exact) mass is 442 g/mol. The smallest absolute Gasteiger partial charge is 0.314 e. The van der Waals surface area contributed by atoms with Crippen LogP contribution in [0.25, 0.3) is 0 Å². The zero-order valence-electron chi connectivity index (χ0n) is 10.2. The Hall–Kier alpha value is -0.0700. The SMILES string of the molecule is COC(=O)C(C)(C)COc1c(Br)cc(Br)cc1Br. The van der Waals surface area contributed by atoms with Crippen molar-refractivity contribution in [2.24, 2.45) is 5.41 Å². The largest absolute Gasteiger partial charge is 0.490 e. The third-order valence-electron chi connectivity index (χ3n) is 2.28. The van der Waals surface area contributed by atoms with E-state index in [-0.39, 0.29) is 12.6 Å².